The summed E-state index contributed by atoms with van der Waals surface area (Å²) < 4.78 is 3.78. The molecule has 0 bridgehead atoms. The van der Waals surface area contributed by atoms with Crippen LogP contribution in [0.4, 0.5) is 11.4 Å². The third kappa shape index (κ3) is 7.85. The highest BCUT2D eigenvalue weighted by Gasteiger charge is 2.09. The van der Waals surface area contributed by atoms with Crippen LogP contribution in [0.1, 0.15) is 45.7 Å². The number of carbonyl (C=O) groups excluding carboxylic acids is 1. The molecule has 0 fully saturated rings. The molecule has 9 nitrogen and oxygen atoms in total. The van der Waals surface area contributed by atoms with E-state index in [1.165, 1.54) is 11.1 Å². The lowest BCUT2D eigenvalue weighted by Crippen LogP contribution is -2.11. The molecular formula is C34H36N6O3. The molecule has 6 rings (SSSR count). The SMILES string of the molecule is CCc1ccc(N)cc1.CCc1ccc(NC(=O)c2ccc3c(c2)ncn3C)cc1.Cn1cnc2cc(C(=O)O)ccc21. The summed E-state index contributed by atoms with van der Waals surface area (Å²) >= 11 is 0. The smallest absolute Gasteiger partial charge is 0.335 e. The van der Waals surface area contributed by atoms with Gasteiger partial charge in [0.1, 0.15) is 0 Å². The number of nitrogens with one attached hydrogen (secondary N) is 1. The topological polar surface area (TPSA) is 128 Å². The second-order valence-electron chi connectivity index (χ2n) is 10.0. The van der Waals surface area contributed by atoms with Gasteiger partial charge in [-0.05, 0) is 84.6 Å². The van der Waals surface area contributed by atoms with E-state index in [1.807, 2.05) is 77.8 Å². The molecule has 4 aromatic carbocycles. The summed E-state index contributed by atoms with van der Waals surface area (Å²) in [4.78, 5) is 31.2. The van der Waals surface area contributed by atoms with Gasteiger partial charge in [-0.1, -0.05) is 38.1 Å². The fourth-order valence-electron chi connectivity index (χ4n) is 4.33. The van der Waals surface area contributed by atoms with Crippen LogP contribution in [0.5, 0.6) is 0 Å². The molecule has 0 saturated carbocycles. The number of anilines is 2. The average molecular weight is 577 g/mol. The second-order valence-corrected chi connectivity index (χ2v) is 10.0. The van der Waals surface area contributed by atoms with Crippen LogP contribution in [0.3, 0.4) is 0 Å². The van der Waals surface area contributed by atoms with Gasteiger partial charge in [-0.25, -0.2) is 14.8 Å². The number of imidazole rings is 2. The van der Waals surface area contributed by atoms with Crippen molar-refractivity contribution in [2.75, 3.05) is 11.1 Å². The number of aromatic carboxylic acids is 1. The van der Waals surface area contributed by atoms with Gasteiger partial charge in [-0.15, -0.1) is 0 Å². The third-order valence-electron chi connectivity index (χ3n) is 6.97. The number of aryl methyl sites for hydroxylation is 4. The van der Waals surface area contributed by atoms with Crippen molar-refractivity contribution in [1.82, 2.24) is 19.1 Å². The number of rotatable bonds is 5. The molecule has 1 amide bonds. The van der Waals surface area contributed by atoms with E-state index < -0.39 is 5.97 Å². The standard InChI is InChI=1S/C17H17N3O.C9H8N2O2.C8H11N/c1-3-12-4-7-14(8-5-12)19-17(21)13-6-9-16-15(10-13)18-11-20(16)2;1-11-5-10-7-4-6(9(12)13)2-3-8(7)11;1-2-7-3-5-8(9)6-4-7/h4-11H,3H2,1-2H3,(H,19,21);2-5H,1H3,(H,12,13);3-6H,2,9H2,1H3. The minimum atomic E-state index is -0.924. The van der Waals surface area contributed by atoms with Crippen molar-refractivity contribution >= 4 is 45.3 Å². The van der Waals surface area contributed by atoms with Gasteiger partial charge in [-0.3, -0.25) is 4.79 Å². The van der Waals surface area contributed by atoms with Crippen LogP contribution in [0.15, 0.2) is 97.6 Å². The summed E-state index contributed by atoms with van der Waals surface area (Å²) in [6.45, 7) is 4.24. The van der Waals surface area contributed by atoms with Crippen LogP contribution in [-0.4, -0.2) is 36.1 Å². The quantitative estimate of drug-likeness (QED) is 0.201. The molecule has 2 heterocycles. The first kappa shape index (κ1) is 30.5. The number of benzene rings is 4. The summed E-state index contributed by atoms with van der Waals surface area (Å²) in [6.07, 6.45) is 5.48. The van der Waals surface area contributed by atoms with E-state index in [1.54, 1.807) is 30.9 Å². The van der Waals surface area contributed by atoms with E-state index in [-0.39, 0.29) is 11.5 Å². The average Bonchev–Trinajstić information content (AvgIpc) is 3.59. The molecular weight excluding hydrogens is 540 g/mol. The Balaban J connectivity index is 0.000000163. The number of nitrogen functional groups attached to an aromatic ring is 1. The molecule has 0 unspecified atom stereocenters. The summed E-state index contributed by atoms with van der Waals surface area (Å²) in [5.41, 5.74) is 14.1. The molecule has 2 aromatic heterocycles. The molecule has 0 saturated heterocycles. The maximum Gasteiger partial charge on any atom is 0.335 e. The minimum Gasteiger partial charge on any atom is -0.478 e. The number of nitrogens with two attached hydrogens (primary N) is 1. The molecule has 0 radical (unpaired) electrons. The zero-order chi connectivity index (χ0) is 30.9. The molecule has 0 aliphatic carbocycles. The fourth-order valence-corrected chi connectivity index (χ4v) is 4.33. The highest BCUT2D eigenvalue weighted by molar-refractivity contribution is 6.06. The first-order chi connectivity index (χ1) is 20.7. The van der Waals surface area contributed by atoms with Gasteiger partial charge in [0.2, 0.25) is 0 Å². The van der Waals surface area contributed by atoms with Crippen LogP contribution in [-0.2, 0) is 26.9 Å². The summed E-state index contributed by atoms with van der Waals surface area (Å²) in [6, 6.07) is 26.3. The van der Waals surface area contributed by atoms with Crippen molar-refractivity contribution in [3.8, 4) is 0 Å². The van der Waals surface area contributed by atoms with E-state index in [0.717, 1.165) is 40.8 Å². The Kier molecular flexibility index (Phi) is 9.90. The molecule has 220 valence electrons. The Morgan fingerprint density at radius 1 is 0.721 bits per heavy atom. The van der Waals surface area contributed by atoms with Crippen molar-refractivity contribution in [3.63, 3.8) is 0 Å². The minimum absolute atomic E-state index is 0.119. The molecule has 0 atom stereocenters. The lowest BCUT2D eigenvalue weighted by atomic mass is 10.1. The number of hydrogen-bond donors (Lipinski definition) is 3. The Morgan fingerprint density at radius 2 is 1.19 bits per heavy atom. The molecule has 4 N–H and O–H groups in total. The van der Waals surface area contributed by atoms with Crippen molar-refractivity contribution in [3.05, 3.63) is 120 Å². The van der Waals surface area contributed by atoms with Gasteiger partial charge in [-0.2, -0.15) is 0 Å². The number of aromatic nitrogens is 4. The lowest BCUT2D eigenvalue weighted by Gasteiger charge is -2.06. The molecule has 43 heavy (non-hydrogen) atoms. The van der Waals surface area contributed by atoms with Gasteiger partial charge < -0.3 is 25.3 Å². The normalized spacial score (nSPS) is 10.4. The Labute approximate surface area is 250 Å². The van der Waals surface area contributed by atoms with E-state index in [9.17, 15) is 9.59 Å². The van der Waals surface area contributed by atoms with Gasteiger partial charge >= 0.3 is 5.97 Å². The lowest BCUT2D eigenvalue weighted by molar-refractivity contribution is 0.0696. The van der Waals surface area contributed by atoms with Crippen molar-refractivity contribution in [2.24, 2.45) is 14.1 Å². The van der Waals surface area contributed by atoms with Crippen molar-refractivity contribution in [1.29, 1.82) is 0 Å². The van der Waals surface area contributed by atoms with Crippen molar-refractivity contribution < 1.29 is 14.7 Å². The maximum absolute atomic E-state index is 12.3. The Morgan fingerprint density at radius 3 is 1.67 bits per heavy atom. The highest BCUT2D eigenvalue weighted by atomic mass is 16.4. The molecule has 9 heteroatoms. The molecule has 0 spiro atoms. The summed E-state index contributed by atoms with van der Waals surface area (Å²) in [5, 5.41) is 11.6. The first-order valence-electron chi connectivity index (χ1n) is 14.0. The van der Waals surface area contributed by atoms with Crippen LogP contribution in [0.25, 0.3) is 22.1 Å². The molecule has 6 aromatic rings. The van der Waals surface area contributed by atoms with E-state index in [4.69, 9.17) is 10.8 Å². The van der Waals surface area contributed by atoms with Gasteiger partial charge in [0, 0.05) is 31.0 Å². The third-order valence-corrected chi connectivity index (χ3v) is 6.97. The van der Waals surface area contributed by atoms with E-state index in [0.29, 0.717) is 11.1 Å². The number of carboxylic acid groups (broad SMARTS) is 1. The molecule has 0 aliphatic heterocycles. The highest BCUT2D eigenvalue weighted by Crippen LogP contribution is 2.17. The zero-order valence-corrected chi connectivity index (χ0v) is 24.8. The number of carbonyl (C=O) groups is 2. The van der Waals surface area contributed by atoms with Gasteiger partial charge in [0.15, 0.2) is 0 Å². The first-order valence-corrected chi connectivity index (χ1v) is 14.0. The number of fused-ring (bicyclic) bond motifs is 2. The summed E-state index contributed by atoms with van der Waals surface area (Å²) in [5.74, 6) is -1.04. The predicted octanol–water partition coefficient (Wildman–Crippen LogP) is 6.49. The van der Waals surface area contributed by atoms with Gasteiger partial charge in [0.05, 0.1) is 40.3 Å². The zero-order valence-electron chi connectivity index (χ0n) is 24.8. The Bertz CT molecular complexity index is 1840. The maximum atomic E-state index is 12.3. The monoisotopic (exact) mass is 576 g/mol. The van der Waals surface area contributed by atoms with Crippen LogP contribution < -0.4 is 11.1 Å². The van der Waals surface area contributed by atoms with Crippen LogP contribution in [0.2, 0.25) is 0 Å². The van der Waals surface area contributed by atoms with E-state index in [2.05, 4.69) is 41.3 Å². The molecule has 0 aliphatic rings. The number of nitrogens with zero attached hydrogens (tertiary/aromatic N) is 4. The number of carboxylic acids is 1. The van der Waals surface area contributed by atoms with Crippen LogP contribution in [0, 0.1) is 0 Å². The summed E-state index contributed by atoms with van der Waals surface area (Å²) in [7, 11) is 3.81. The van der Waals surface area contributed by atoms with E-state index >= 15 is 0 Å². The van der Waals surface area contributed by atoms with Gasteiger partial charge in [0.25, 0.3) is 5.91 Å². The fraction of sp³-hybridized carbons (Fsp3) is 0.176. The Hall–Kier alpha value is -5.44. The predicted molar refractivity (Wildman–Crippen MR) is 172 cm³/mol. The second kappa shape index (κ2) is 14.0. The largest absolute Gasteiger partial charge is 0.478 e. The number of hydrogen-bond acceptors (Lipinski definition) is 5. The number of amides is 1. The van der Waals surface area contributed by atoms with Crippen molar-refractivity contribution in [2.45, 2.75) is 26.7 Å². The van der Waals surface area contributed by atoms with Crippen LogP contribution >= 0.6 is 0 Å².